The molecule has 30 heavy (non-hydrogen) atoms. The Bertz CT molecular complexity index is 1180. The van der Waals surface area contributed by atoms with Gasteiger partial charge in [0.15, 0.2) is 5.11 Å². The third-order valence-electron chi connectivity index (χ3n) is 3.89. The van der Waals surface area contributed by atoms with Crippen LogP contribution in [0, 0.1) is 0 Å². The van der Waals surface area contributed by atoms with Gasteiger partial charge in [-0.2, -0.15) is 0 Å². The molecular weight excluding hydrogens is 490 g/mol. The van der Waals surface area contributed by atoms with Gasteiger partial charge in [0.1, 0.15) is 5.75 Å². The Morgan fingerprint density at radius 1 is 0.933 bits per heavy atom. The molecule has 3 rings (SSSR count). The Morgan fingerprint density at radius 3 is 2.23 bits per heavy atom. The molecule has 0 fully saturated rings. The summed E-state index contributed by atoms with van der Waals surface area (Å²) in [6, 6.07) is 18.8. The number of aromatic hydroxyl groups is 1. The zero-order chi connectivity index (χ0) is 21.7. The molecule has 0 saturated carbocycles. The first-order valence-corrected chi connectivity index (χ1v) is 11.2. The van der Waals surface area contributed by atoms with Crippen LogP contribution in [0.1, 0.15) is 10.4 Å². The molecule has 10 heteroatoms. The third kappa shape index (κ3) is 5.56. The molecule has 3 aromatic carbocycles. The maximum Gasteiger partial charge on any atom is 0.261 e. The lowest BCUT2D eigenvalue weighted by molar-refractivity contribution is 0.0977. The van der Waals surface area contributed by atoms with Crippen LogP contribution in [0.2, 0.25) is 0 Å². The van der Waals surface area contributed by atoms with E-state index in [1.807, 2.05) is 0 Å². The Morgan fingerprint density at radius 2 is 1.60 bits per heavy atom. The van der Waals surface area contributed by atoms with E-state index in [-0.39, 0.29) is 15.8 Å². The molecule has 0 aliphatic rings. The quantitative estimate of drug-likeness (QED) is 0.389. The van der Waals surface area contributed by atoms with Crippen molar-refractivity contribution in [1.82, 2.24) is 5.32 Å². The monoisotopic (exact) mass is 505 g/mol. The number of carbonyl (C=O) groups excluding carboxylic acids is 1. The number of amides is 1. The normalized spacial score (nSPS) is 10.8. The van der Waals surface area contributed by atoms with E-state index in [4.69, 9.17) is 12.2 Å². The Hall–Kier alpha value is -2.95. The van der Waals surface area contributed by atoms with E-state index in [9.17, 15) is 18.3 Å². The summed E-state index contributed by atoms with van der Waals surface area (Å²) in [5.74, 6) is -0.441. The van der Waals surface area contributed by atoms with Gasteiger partial charge in [0.25, 0.3) is 15.9 Å². The predicted molar refractivity (Wildman–Crippen MR) is 123 cm³/mol. The summed E-state index contributed by atoms with van der Waals surface area (Å²) in [4.78, 5) is 12.3. The zero-order valence-electron chi connectivity index (χ0n) is 15.3. The summed E-state index contributed by atoms with van der Waals surface area (Å²) >= 11 is 8.27. The number of sulfonamides is 1. The lowest BCUT2D eigenvalue weighted by Gasteiger charge is -2.11. The molecular formula is C20H16BrN3O4S2. The molecule has 0 saturated heterocycles. The van der Waals surface area contributed by atoms with Gasteiger partial charge in [-0.3, -0.25) is 14.8 Å². The average Bonchev–Trinajstić information content (AvgIpc) is 2.70. The first-order valence-electron chi connectivity index (χ1n) is 8.53. The summed E-state index contributed by atoms with van der Waals surface area (Å²) in [5, 5.41) is 14.9. The summed E-state index contributed by atoms with van der Waals surface area (Å²) < 4.78 is 27.8. The fraction of sp³-hybridized carbons (Fsp3) is 0. The van der Waals surface area contributed by atoms with Crippen LogP contribution in [0.25, 0.3) is 0 Å². The van der Waals surface area contributed by atoms with Gasteiger partial charge in [-0.1, -0.05) is 18.2 Å². The number of phenols is 1. The fourth-order valence-electron chi connectivity index (χ4n) is 2.42. The number of anilines is 2. The van der Waals surface area contributed by atoms with Crippen molar-refractivity contribution < 1.29 is 18.3 Å². The van der Waals surface area contributed by atoms with Crippen molar-refractivity contribution >= 4 is 60.6 Å². The van der Waals surface area contributed by atoms with Crippen LogP contribution in [-0.4, -0.2) is 24.5 Å². The topological polar surface area (TPSA) is 108 Å². The van der Waals surface area contributed by atoms with Gasteiger partial charge in [-0.05, 0) is 82.7 Å². The molecule has 0 spiro atoms. The second-order valence-corrected chi connectivity index (χ2v) is 9.02. The van der Waals surface area contributed by atoms with Gasteiger partial charge in [0.05, 0.1) is 9.37 Å². The van der Waals surface area contributed by atoms with Crippen LogP contribution in [0.15, 0.2) is 82.2 Å². The molecule has 3 aromatic rings. The van der Waals surface area contributed by atoms with E-state index in [0.717, 1.165) is 0 Å². The molecule has 154 valence electrons. The molecule has 0 bridgehead atoms. The van der Waals surface area contributed by atoms with Gasteiger partial charge < -0.3 is 10.4 Å². The molecule has 0 heterocycles. The molecule has 0 unspecified atom stereocenters. The number of hydrogen-bond donors (Lipinski definition) is 4. The van der Waals surface area contributed by atoms with Crippen molar-refractivity contribution in [3.05, 3.63) is 82.8 Å². The highest BCUT2D eigenvalue weighted by Gasteiger charge is 2.14. The van der Waals surface area contributed by atoms with Crippen molar-refractivity contribution in [1.29, 1.82) is 0 Å². The van der Waals surface area contributed by atoms with Crippen molar-refractivity contribution in [2.24, 2.45) is 0 Å². The van der Waals surface area contributed by atoms with Crippen molar-refractivity contribution in [2.75, 3.05) is 10.0 Å². The molecule has 0 aromatic heterocycles. The van der Waals surface area contributed by atoms with Gasteiger partial charge in [-0.25, -0.2) is 8.42 Å². The van der Waals surface area contributed by atoms with E-state index in [1.54, 1.807) is 30.3 Å². The highest BCUT2D eigenvalue weighted by molar-refractivity contribution is 9.10. The lowest BCUT2D eigenvalue weighted by Crippen LogP contribution is -2.34. The number of benzene rings is 3. The molecule has 4 N–H and O–H groups in total. The zero-order valence-corrected chi connectivity index (χ0v) is 18.5. The van der Waals surface area contributed by atoms with E-state index < -0.39 is 15.9 Å². The van der Waals surface area contributed by atoms with E-state index in [0.29, 0.717) is 21.4 Å². The number of thiocarbonyl (C=S) groups is 1. The Kier molecular flexibility index (Phi) is 6.70. The SMILES string of the molecule is O=C(NC(=S)Nc1ccc(S(=O)(=O)Nc2ccccc2)cc1)c1ccc(O)c(Br)c1. The van der Waals surface area contributed by atoms with Crippen LogP contribution in [-0.2, 0) is 10.0 Å². The van der Waals surface area contributed by atoms with Gasteiger partial charge in [0.2, 0.25) is 0 Å². The van der Waals surface area contributed by atoms with Crippen molar-refractivity contribution in [3.63, 3.8) is 0 Å². The van der Waals surface area contributed by atoms with Crippen LogP contribution < -0.4 is 15.4 Å². The molecule has 0 aliphatic carbocycles. The Labute approximate surface area is 187 Å². The van der Waals surface area contributed by atoms with E-state index in [2.05, 4.69) is 31.3 Å². The second kappa shape index (κ2) is 9.24. The summed E-state index contributed by atoms with van der Waals surface area (Å²) in [6.45, 7) is 0. The first-order chi connectivity index (χ1) is 14.2. The number of rotatable bonds is 5. The van der Waals surface area contributed by atoms with Crippen LogP contribution in [0.5, 0.6) is 5.75 Å². The van der Waals surface area contributed by atoms with Crippen LogP contribution >= 0.6 is 28.1 Å². The summed E-state index contributed by atoms with van der Waals surface area (Å²) in [7, 11) is -3.73. The van der Waals surface area contributed by atoms with Gasteiger partial charge in [0, 0.05) is 16.9 Å². The highest BCUT2D eigenvalue weighted by Crippen LogP contribution is 2.24. The minimum absolute atomic E-state index is 0.0176. The highest BCUT2D eigenvalue weighted by atomic mass is 79.9. The van der Waals surface area contributed by atoms with Gasteiger partial charge >= 0.3 is 0 Å². The number of halogens is 1. The maximum absolute atomic E-state index is 12.5. The Balaban J connectivity index is 1.62. The standard InChI is InChI=1S/C20H16BrN3O4S2/c21-17-12-13(6-11-18(17)25)19(26)23-20(29)22-14-7-9-16(10-8-14)30(27,28)24-15-4-2-1-3-5-15/h1-12,24-25H,(H2,22,23,26,29). The second-order valence-electron chi connectivity index (χ2n) is 6.07. The summed E-state index contributed by atoms with van der Waals surface area (Å²) in [6.07, 6.45) is 0. The molecule has 0 aliphatic heterocycles. The third-order valence-corrected chi connectivity index (χ3v) is 6.12. The summed E-state index contributed by atoms with van der Waals surface area (Å²) in [5.41, 5.74) is 1.27. The average molecular weight is 506 g/mol. The lowest BCUT2D eigenvalue weighted by atomic mass is 10.2. The predicted octanol–water partition coefficient (Wildman–Crippen LogP) is 4.08. The largest absolute Gasteiger partial charge is 0.507 e. The molecule has 0 atom stereocenters. The number of nitrogens with one attached hydrogen (secondary N) is 3. The van der Waals surface area contributed by atoms with Crippen molar-refractivity contribution in [2.45, 2.75) is 4.90 Å². The molecule has 0 radical (unpaired) electrons. The van der Waals surface area contributed by atoms with Crippen molar-refractivity contribution in [3.8, 4) is 5.75 Å². The van der Waals surface area contributed by atoms with Crippen LogP contribution in [0.3, 0.4) is 0 Å². The minimum Gasteiger partial charge on any atom is -0.507 e. The number of phenolic OH excluding ortho intramolecular Hbond substituents is 1. The smallest absolute Gasteiger partial charge is 0.261 e. The number of carbonyl (C=O) groups is 1. The van der Waals surface area contributed by atoms with Crippen LogP contribution in [0.4, 0.5) is 11.4 Å². The molecule has 7 nitrogen and oxygen atoms in total. The fourth-order valence-corrected chi connectivity index (χ4v) is 4.07. The number of para-hydroxylation sites is 1. The van der Waals surface area contributed by atoms with E-state index >= 15 is 0 Å². The van der Waals surface area contributed by atoms with E-state index in [1.165, 1.54) is 42.5 Å². The minimum atomic E-state index is -3.73. The van der Waals surface area contributed by atoms with Gasteiger partial charge in [-0.15, -0.1) is 0 Å². The maximum atomic E-state index is 12.5. The first kappa shape index (κ1) is 21.8. The number of hydrogen-bond acceptors (Lipinski definition) is 5. The molecule has 1 amide bonds.